The second-order valence-corrected chi connectivity index (χ2v) is 11.7. The number of anilines is 1. The molecule has 35 heavy (non-hydrogen) atoms. The summed E-state index contributed by atoms with van der Waals surface area (Å²) in [6.45, 7) is 7.82. The molecule has 1 amide bonds. The monoisotopic (exact) mass is 494 g/mol. The zero-order valence-corrected chi connectivity index (χ0v) is 21.1. The smallest absolute Gasteiger partial charge is 0.243 e. The maximum absolute atomic E-state index is 13.0. The fraction of sp³-hybridized carbons (Fsp3) is 0.423. The zero-order chi connectivity index (χ0) is 24.7. The van der Waals surface area contributed by atoms with Crippen LogP contribution in [0.25, 0.3) is 11.4 Å². The number of amides is 1. The Bertz CT molecular complexity index is 1340. The van der Waals surface area contributed by atoms with Gasteiger partial charge in [0.2, 0.25) is 27.6 Å². The number of sulfonamides is 1. The van der Waals surface area contributed by atoms with Crippen LogP contribution in [0.1, 0.15) is 49.1 Å². The lowest BCUT2D eigenvalue weighted by Crippen LogP contribution is -2.37. The van der Waals surface area contributed by atoms with Gasteiger partial charge in [0.1, 0.15) is 0 Å². The number of hydrogen-bond acceptors (Lipinski definition) is 6. The van der Waals surface area contributed by atoms with E-state index < -0.39 is 10.0 Å². The number of carbonyl (C=O) groups excluding carboxylic acids is 1. The molecule has 0 spiro atoms. The first kappa shape index (κ1) is 23.7. The van der Waals surface area contributed by atoms with Crippen LogP contribution in [0.5, 0.6) is 0 Å². The summed E-state index contributed by atoms with van der Waals surface area (Å²) in [6, 6.07) is 12.6. The van der Waals surface area contributed by atoms with Crippen molar-refractivity contribution in [1.29, 1.82) is 0 Å². The quantitative estimate of drug-likeness (QED) is 0.525. The maximum Gasteiger partial charge on any atom is 0.243 e. The summed E-state index contributed by atoms with van der Waals surface area (Å²) in [5, 5.41) is 4.09. The summed E-state index contributed by atoms with van der Waals surface area (Å²) in [5.41, 5.74) is 3.86. The van der Waals surface area contributed by atoms with E-state index in [0.29, 0.717) is 49.3 Å². The largest absolute Gasteiger partial charge is 0.339 e. The molecule has 8 nitrogen and oxygen atoms in total. The first-order valence-corrected chi connectivity index (χ1v) is 13.5. The van der Waals surface area contributed by atoms with E-state index in [2.05, 4.69) is 17.1 Å². The molecular formula is C26H30N4O4S. The number of aryl methyl sites for hydroxylation is 2. The lowest BCUT2D eigenvalue weighted by atomic mass is 10.0. The molecule has 1 atom stereocenters. The average molecular weight is 495 g/mol. The highest BCUT2D eigenvalue weighted by Crippen LogP contribution is 2.33. The Labute approximate surface area is 206 Å². The topological polar surface area (TPSA) is 96.6 Å². The second kappa shape index (κ2) is 9.20. The minimum absolute atomic E-state index is 0.0275. The van der Waals surface area contributed by atoms with Crippen molar-refractivity contribution in [3.8, 4) is 11.4 Å². The minimum Gasteiger partial charge on any atom is -0.339 e. The fourth-order valence-corrected chi connectivity index (χ4v) is 6.15. The molecular weight excluding hydrogens is 464 g/mol. The lowest BCUT2D eigenvalue weighted by Gasteiger charge is -2.29. The highest BCUT2D eigenvalue weighted by molar-refractivity contribution is 7.89. The van der Waals surface area contributed by atoms with Gasteiger partial charge in [0, 0.05) is 37.3 Å². The molecule has 2 aromatic carbocycles. The van der Waals surface area contributed by atoms with Gasteiger partial charge in [0.05, 0.1) is 10.8 Å². The van der Waals surface area contributed by atoms with Crippen LogP contribution >= 0.6 is 0 Å². The zero-order valence-electron chi connectivity index (χ0n) is 20.3. The van der Waals surface area contributed by atoms with Crippen LogP contribution in [0.4, 0.5) is 5.69 Å². The normalized spacial score (nSPS) is 20.0. The van der Waals surface area contributed by atoms with Crippen LogP contribution in [-0.2, 0) is 14.8 Å². The van der Waals surface area contributed by atoms with Gasteiger partial charge in [-0.3, -0.25) is 4.79 Å². The molecule has 1 unspecified atom stereocenters. The number of carbonyl (C=O) groups is 1. The van der Waals surface area contributed by atoms with E-state index in [0.717, 1.165) is 24.1 Å². The van der Waals surface area contributed by atoms with Gasteiger partial charge in [-0.25, -0.2) is 8.42 Å². The van der Waals surface area contributed by atoms with E-state index in [1.54, 1.807) is 33.5 Å². The number of benzene rings is 2. The predicted molar refractivity (Wildman–Crippen MR) is 133 cm³/mol. The first-order valence-electron chi connectivity index (χ1n) is 12.0. The highest BCUT2D eigenvalue weighted by atomic mass is 32.2. The molecule has 0 bridgehead atoms. The van der Waals surface area contributed by atoms with Crippen molar-refractivity contribution in [2.45, 2.75) is 50.8 Å². The molecule has 3 heterocycles. The molecule has 0 saturated carbocycles. The van der Waals surface area contributed by atoms with Gasteiger partial charge < -0.3 is 9.42 Å². The van der Waals surface area contributed by atoms with Crippen LogP contribution in [-0.4, -0.2) is 48.4 Å². The predicted octanol–water partition coefficient (Wildman–Crippen LogP) is 4.29. The Kier molecular flexibility index (Phi) is 6.23. The molecule has 0 aliphatic carbocycles. The van der Waals surface area contributed by atoms with Gasteiger partial charge >= 0.3 is 0 Å². The molecule has 2 fully saturated rings. The summed E-state index contributed by atoms with van der Waals surface area (Å²) in [4.78, 5) is 19.3. The van der Waals surface area contributed by atoms with Crippen molar-refractivity contribution in [1.82, 2.24) is 14.4 Å². The van der Waals surface area contributed by atoms with E-state index in [9.17, 15) is 13.2 Å². The summed E-state index contributed by atoms with van der Waals surface area (Å²) >= 11 is 0. The van der Waals surface area contributed by atoms with Gasteiger partial charge in [-0.1, -0.05) is 18.1 Å². The molecule has 1 aromatic heterocycles. The van der Waals surface area contributed by atoms with Crippen molar-refractivity contribution < 1.29 is 17.7 Å². The molecule has 5 rings (SSSR count). The van der Waals surface area contributed by atoms with E-state index >= 15 is 0 Å². The van der Waals surface area contributed by atoms with Crippen LogP contribution in [0.15, 0.2) is 51.9 Å². The van der Waals surface area contributed by atoms with E-state index in [4.69, 9.17) is 4.52 Å². The van der Waals surface area contributed by atoms with Crippen molar-refractivity contribution in [2.24, 2.45) is 5.92 Å². The molecule has 9 heteroatoms. The average Bonchev–Trinajstić information content (AvgIpc) is 3.48. The molecule has 0 radical (unpaired) electrons. The van der Waals surface area contributed by atoms with Gasteiger partial charge in [-0.15, -0.1) is 0 Å². The molecule has 0 N–H and O–H groups in total. The van der Waals surface area contributed by atoms with Crippen molar-refractivity contribution in [3.05, 3.63) is 59.5 Å². The molecule has 2 aliphatic rings. The van der Waals surface area contributed by atoms with Crippen molar-refractivity contribution in [2.75, 3.05) is 24.5 Å². The van der Waals surface area contributed by atoms with Gasteiger partial charge in [0.15, 0.2) is 0 Å². The minimum atomic E-state index is -3.51. The number of nitrogens with zero attached hydrogens (tertiary/aromatic N) is 4. The summed E-state index contributed by atoms with van der Waals surface area (Å²) in [7, 11) is -3.51. The third-order valence-electron chi connectivity index (χ3n) is 7.21. The van der Waals surface area contributed by atoms with E-state index in [1.165, 1.54) is 5.56 Å². The Morgan fingerprint density at radius 2 is 1.71 bits per heavy atom. The number of hydrogen-bond donors (Lipinski definition) is 0. The van der Waals surface area contributed by atoms with E-state index in [1.807, 2.05) is 32.0 Å². The van der Waals surface area contributed by atoms with Crippen molar-refractivity contribution in [3.63, 3.8) is 0 Å². The van der Waals surface area contributed by atoms with Crippen LogP contribution in [0.3, 0.4) is 0 Å². The SMILES string of the molecule is Cc1ccc(N2CC(c3nc(-c4ccc(S(=O)(=O)N5CCC(C)CC5)cc4)no3)CC2=O)cc1C. The van der Waals surface area contributed by atoms with Crippen LogP contribution in [0, 0.1) is 19.8 Å². The molecule has 2 saturated heterocycles. The Balaban J connectivity index is 1.30. The number of aromatic nitrogens is 2. The summed E-state index contributed by atoms with van der Waals surface area (Å²) < 4.78 is 33.0. The van der Waals surface area contributed by atoms with Gasteiger partial charge in [0.25, 0.3) is 0 Å². The Morgan fingerprint density at radius 3 is 2.40 bits per heavy atom. The lowest BCUT2D eigenvalue weighted by molar-refractivity contribution is -0.117. The Morgan fingerprint density at radius 1 is 1.00 bits per heavy atom. The highest BCUT2D eigenvalue weighted by Gasteiger charge is 2.35. The van der Waals surface area contributed by atoms with Gasteiger partial charge in [-0.05, 0) is 80.1 Å². The maximum atomic E-state index is 13.0. The molecule has 3 aromatic rings. The molecule has 184 valence electrons. The third kappa shape index (κ3) is 4.62. The standard InChI is InChI=1S/C26H30N4O4S/c1-17-10-12-29(13-11-17)35(32,33)23-8-5-20(6-9-23)25-27-26(34-28-25)21-15-24(31)30(16-21)22-7-4-18(2)19(3)14-22/h4-9,14,17,21H,10-13,15-16H2,1-3H3. The fourth-order valence-electron chi connectivity index (χ4n) is 4.68. The number of piperidine rings is 1. The summed E-state index contributed by atoms with van der Waals surface area (Å²) in [5.74, 6) is 1.19. The van der Waals surface area contributed by atoms with Gasteiger partial charge in [-0.2, -0.15) is 9.29 Å². The van der Waals surface area contributed by atoms with Crippen LogP contribution in [0.2, 0.25) is 0 Å². The van der Waals surface area contributed by atoms with Crippen LogP contribution < -0.4 is 4.90 Å². The molecule has 2 aliphatic heterocycles. The van der Waals surface area contributed by atoms with E-state index in [-0.39, 0.29) is 16.7 Å². The number of rotatable bonds is 5. The second-order valence-electron chi connectivity index (χ2n) is 9.74. The first-order chi connectivity index (χ1) is 16.7. The Hall–Kier alpha value is -3.04. The summed E-state index contributed by atoms with van der Waals surface area (Å²) in [6.07, 6.45) is 2.07. The third-order valence-corrected chi connectivity index (χ3v) is 9.12. The van der Waals surface area contributed by atoms with Crippen molar-refractivity contribution >= 4 is 21.6 Å².